The third kappa shape index (κ3) is 4.20. The number of anilines is 1. The van der Waals surface area contributed by atoms with Crippen molar-refractivity contribution in [3.63, 3.8) is 0 Å². The summed E-state index contributed by atoms with van der Waals surface area (Å²) in [5, 5.41) is 19.0. The highest BCUT2D eigenvalue weighted by Crippen LogP contribution is 2.36. The van der Waals surface area contributed by atoms with Gasteiger partial charge in [0, 0.05) is 69.1 Å². The Labute approximate surface area is 223 Å². The van der Waals surface area contributed by atoms with Gasteiger partial charge in [0.1, 0.15) is 0 Å². The zero-order valence-electron chi connectivity index (χ0n) is 21.5. The third-order valence-corrected chi connectivity index (χ3v) is 8.50. The van der Waals surface area contributed by atoms with E-state index in [1.807, 2.05) is 30.5 Å². The SMILES string of the molecule is N#Cc1ccc(-c2cc3n(c2)Cc2cc(N4CC[C@@H](CN5CCC(O)CC5)C4)ccc2-n2ccnc2-3)cc1. The molecule has 2 aromatic carbocycles. The molecule has 7 nitrogen and oxygen atoms in total. The van der Waals surface area contributed by atoms with E-state index in [1.165, 1.54) is 23.4 Å². The second-order valence-electron chi connectivity index (χ2n) is 11.0. The number of hydrogen-bond acceptors (Lipinski definition) is 5. The Morgan fingerprint density at radius 1 is 0.974 bits per heavy atom. The first-order valence-corrected chi connectivity index (χ1v) is 13.7. The number of aliphatic hydroxyl groups is 1. The van der Waals surface area contributed by atoms with Gasteiger partial charge in [-0.1, -0.05) is 12.1 Å². The summed E-state index contributed by atoms with van der Waals surface area (Å²) in [6.45, 7) is 6.14. The highest BCUT2D eigenvalue weighted by atomic mass is 16.3. The Morgan fingerprint density at radius 2 is 1.82 bits per heavy atom. The van der Waals surface area contributed by atoms with Crippen molar-refractivity contribution < 1.29 is 5.11 Å². The molecule has 0 unspecified atom stereocenters. The van der Waals surface area contributed by atoms with Gasteiger partial charge in [-0.05, 0) is 72.7 Å². The molecule has 7 rings (SSSR count). The zero-order chi connectivity index (χ0) is 25.6. The number of imidazole rings is 1. The normalized spacial score (nSPS) is 19.5. The Morgan fingerprint density at radius 3 is 2.63 bits per heavy atom. The molecule has 38 heavy (non-hydrogen) atoms. The third-order valence-electron chi connectivity index (χ3n) is 8.50. The van der Waals surface area contributed by atoms with Crippen LogP contribution in [0, 0.1) is 17.2 Å². The molecule has 0 bridgehead atoms. The van der Waals surface area contributed by atoms with Gasteiger partial charge in [0.05, 0.1) is 29.1 Å². The summed E-state index contributed by atoms with van der Waals surface area (Å²) >= 11 is 0. The lowest BCUT2D eigenvalue weighted by Crippen LogP contribution is -2.39. The number of hydrogen-bond donors (Lipinski definition) is 1. The van der Waals surface area contributed by atoms with Crippen LogP contribution in [-0.4, -0.2) is 63.0 Å². The van der Waals surface area contributed by atoms with Crippen molar-refractivity contribution in [1.82, 2.24) is 19.0 Å². The van der Waals surface area contributed by atoms with E-state index in [-0.39, 0.29) is 6.10 Å². The average Bonchev–Trinajstić information content (AvgIpc) is 3.69. The molecule has 7 heteroatoms. The number of aromatic nitrogens is 3. The molecule has 192 valence electrons. The second-order valence-corrected chi connectivity index (χ2v) is 11.0. The fourth-order valence-electron chi connectivity index (χ4n) is 6.41. The van der Waals surface area contributed by atoms with E-state index in [2.05, 4.69) is 61.7 Å². The van der Waals surface area contributed by atoms with Crippen LogP contribution in [0.2, 0.25) is 0 Å². The molecule has 1 N–H and O–H groups in total. The van der Waals surface area contributed by atoms with Crippen LogP contribution in [0.1, 0.15) is 30.4 Å². The molecule has 2 aromatic heterocycles. The lowest BCUT2D eigenvalue weighted by atomic mass is 10.0. The molecule has 0 amide bonds. The van der Waals surface area contributed by atoms with Gasteiger partial charge < -0.3 is 19.5 Å². The second kappa shape index (κ2) is 9.46. The van der Waals surface area contributed by atoms with Gasteiger partial charge >= 0.3 is 0 Å². The van der Waals surface area contributed by atoms with Crippen LogP contribution in [0.3, 0.4) is 0 Å². The van der Waals surface area contributed by atoms with Gasteiger partial charge in [-0.2, -0.15) is 5.26 Å². The van der Waals surface area contributed by atoms with Crippen molar-refractivity contribution >= 4 is 5.69 Å². The maximum absolute atomic E-state index is 9.83. The summed E-state index contributed by atoms with van der Waals surface area (Å²) in [4.78, 5) is 9.81. The van der Waals surface area contributed by atoms with Crippen molar-refractivity contribution in [2.24, 2.45) is 5.92 Å². The predicted octanol–water partition coefficient (Wildman–Crippen LogP) is 4.52. The lowest BCUT2D eigenvalue weighted by molar-refractivity contribution is 0.0762. The van der Waals surface area contributed by atoms with E-state index >= 15 is 0 Å². The largest absolute Gasteiger partial charge is 0.393 e. The summed E-state index contributed by atoms with van der Waals surface area (Å²) in [6.07, 6.45) is 9.07. The quantitative estimate of drug-likeness (QED) is 0.390. The molecule has 1 atom stereocenters. The number of likely N-dealkylation sites (tertiary alicyclic amines) is 1. The zero-order valence-corrected chi connectivity index (χ0v) is 21.5. The number of aliphatic hydroxyl groups excluding tert-OH is 1. The van der Waals surface area contributed by atoms with E-state index in [0.29, 0.717) is 11.5 Å². The number of nitriles is 1. The number of fused-ring (bicyclic) bond motifs is 5. The predicted molar refractivity (Wildman–Crippen MR) is 148 cm³/mol. The number of piperidine rings is 1. The van der Waals surface area contributed by atoms with Gasteiger partial charge in [0.25, 0.3) is 0 Å². The van der Waals surface area contributed by atoms with Crippen molar-refractivity contribution in [2.75, 3.05) is 37.6 Å². The van der Waals surface area contributed by atoms with E-state index in [4.69, 9.17) is 10.2 Å². The minimum absolute atomic E-state index is 0.108. The van der Waals surface area contributed by atoms with Gasteiger partial charge in [-0.15, -0.1) is 0 Å². The minimum Gasteiger partial charge on any atom is -0.393 e. The van der Waals surface area contributed by atoms with Crippen LogP contribution in [0.25, 0.3) is 28.3 Å². The summed E-state index contributed by atoms with van der Waals surface area (Å²) < 4.78 is 4.51. The molecule has 0 saturated carbocycles. The fraction of sp³-hybridized carbons (Fsp3) is 0.355. The number of rotatable bonds is 4. The maximum Gasteiger partial charge on any atom is 0.161 e. The van der Waals surface area contributed by atoms with Crippen LogP contribution in [0.15, 0.2) is 67.1 Å². The van der Waals surface area contributed by atoms with Crippen molar-refractivity contribution in [3.05, 3.63) is 78.2 Å². The number of benzene rings is 2. The van der Waals surface area contributed by atoms with Gasteiger partial charge in [-0.25, -0.2) is 4.98 Å². The number of nitrogens with zero attached hydrogens (tertiary/aromatic N) is 6. The Kier molecular flexibility index (Phi) is 5.80. The van der Waals surface area contributed by atoms with E-state index in [1.54, 1.807) is 0 Å². The highest BCUT2D eigenvalue weighted by Gasteiger charge is 2.28. The van der Waals surface area contributed by atoms with Crippen LogP contribution < -0.4 is 4.90 Å². The molecule has 0 radical (unpaired) electrons. The van der Waals surface area contributed by atoms with E-state index < -0.39 is 0 Å². The molecule has 0 aliphatic carbocycles. The minimum atomic E-state index is -0.108. The van der Waals surface area contributed by atoms with E-state index in [0.717, 1.165) is 74.8 Å². The summed E-state index contributed by atoms with van der Waals surface area (Å²) in [5.74, 6) is 1.62. The van der Waals surface area contributed by atoms with Crippen LogP contribution in [0.5, 0.6) is 0 Å². The van der Waals surface area contributed by atoms with E-state index in [9.17, 15) is 5.11 Å². The van der Waals surface area contributed by atoms with Crippen molar-refractivity contribution in [2.45, 2.75) is 31.9 Å². The molecule has 4 aromatic rings. The van der Waals surface area contributed by atoms with Gasteiger partial charge in [-0.3, -0.25) is 4.57 Å². The van der Waals surface area contributed by atoms with Crippen molar-refractivity contribution in [1.29, 1.82) is 5.26 Å². The maximum atomic E-state index is 9.83. The van der Waals surface area contributed by atoms with Crippen LogP contribution in [-0.2, 0) is 6.54 Å². The molecule has 2 fully saturated rings. The van der Waals surface area contributed by atoms with Gasteiger partial charge in [0.15, 0.2) is 5.82 Å². The van der Waals surface area contributed by atoms with Gasteiger partial charge in [0.2, 0.25) is 0 Å². The lowest BCUT2D eigenvalue weighted by Gasteiger charge is -2.31. The topological polar surface area (TPSA) is 73.2 Å². The first-order chi connectivity index (χ1) is 18.6. The molecule has 2 saturated heterocycles. The highest BCUT2D eigenvalue weighted by molar-refractivity contribution is 5.72. The molecule has 0 spiro atoms. The molecule has 3 aliphatic heterocycles. The molecular weight excluding hydrogens is 472 g/mol. The monoisotopic (exact) mass is 504 g/mol. The smallest absolute Gasteiger partial charge is 0.161 e. The summed E-state index contributed by atoms with van der Waals surface area (Å²) in [7, 11) is 0. The molecule has 3 aliphatic rings. The summed E-state index contributed by atoms with van der Waals surface area (Å²) in [6, 6.07) is 19.1. The first kappa shape index (κ1) is 23.3. The molecular formula is C31H32N6O. The Balaban J connectivity index is 1.15. The van der Waals surface area contributed by atoms with Crippen LogP contribution >= 0.6 is 0 Å². The first-order valence-electron chi connectivity index (χ1n) is 13.7. The van der Waals surface area contributed by atoms with Crippen LogP contribution in [0.4, 0.5) is 5.69 Å². The fourth-order valence-corrected chi connectivity index (χ4v) is 6.41. The standard InChI is InChI=1S/C31H32N6O/c32-17-22-1-3-24(4-2-22)25-16-30-31-33-10-14-37(31)29-6-5-27(15-26(29)21-36(30)20-25)35-13-7-23(19-35)18-34-11-8-28(38)9-12-34/h1-6,10,14-16,20,23,28,38H,7-9,11-13,18-19,21H2/t23-/m0/s1. The Bertz CT molecular complexity index is 1500. The average molecular weight is 505 g/mol. The molecule has 5 heterocycles. The Hall–Kier alpha value is -3.86. The van der Waals surface area contributed by atoms with Crippen molar-refractivity contribution in [3.8, 4) is 34.4 Å². The summed E-state index contributed by atoms with van der Waals surface area (Å²) in [5.41, 5.74) is 7.77.